The highest BCUT2D eigenvalue weighted by Gasteiger charge is 2.05. The molecule has 13 heavy (non-hydrogen) atoms. The Morgan fingerprint density at radius 1 is 1.46 bits per heavy atom. The summed E-state index contributed by atoms with van der Waals surface area (Å²) in [5.41, 5.74) is 0.665. The lowest BCUT2D eigenvalue weighted by molar-refractivity contribution is 0.482. The zero-order valence-electron chi connectivity index (χ0n) is 6.64. The average molecular weight is 313 g/mol. The Balaban J connectivity index is 2.61. The number of nitrogens with zero attached hydrogens (tertiary/aromatic N) is 1. The maximum Gasteiger partial charge on any atom is 0.265 e. The van der Waals surface area contributed by atoms with E-state index in [-0.39, 0.29) is 12.2 Å². The average Bonchev–Trinajstić information content (AvgIpc) is 2.02. The molecule has 0 aliphatic rings. The second kappa shape index (κ2) is 4.34. The van der Waals surface area contributed by atoms with Crippen molar-refractivity contribution < 1.29 is 13.0 Å². The molecule has 0 bridgehead atoms. The van der Waals surface area contributed by atoms with Gasteiger partial charge in [0.1, 0.15) is 0 Å². The van der Waals surface area contributed by atoms with Crippen LogP contribution >= 0.6 is 22.6 Å². The molecule has 0 radical (unpaired) electrons. The highest BCUT2D eigenvalue weighted by Crippen LogP contribution is 2.04. The van der Waals surface area contributed by atoms with Gasteiger partial charge < -0.3 is 0 Å². The van der Waals surface area contributed by atoms with Crippen LogP contribution in [0.1, 0.15) is 5.69 Å². The van der Waals surface area contributed by atoms with Crippen molar-refractivity contribution >= 4 is 32.7 Å². The van der Waals surface area contributed by atoms with Crippen molar-refractivity contribution in [3.63, 3.8) is 0 Å². The van der Waals surface area contributed by atoms with Crippen molar-refractivity contribution in [3.05, 3.63) is 27.6 Å². The summed E-state index contributed by atoms with van der Waals surface area (Å²) in [6.07, 6.45) is 1.90. The van der Waals surface area contributed by atoms with Crippen LogP contribution in [-0.2, 0) is 16.5 Å². The lowest BCUT2D eigenvalue weighted by atomic mass is 10.3. The van der Waals surface area contributed by atoms with E-state index in [1.54, 1.807) is 12.3 Å². The van der Waals surface area contributed by atoms with Gasteiger partial charge in [-0.05, 0) is 34.7 Å². The summed E-state index contributed by atoms with van der Waals surface area (Å²) >= 11 is 2.11. The third-order valence-electron chi connectivity index (χ3n) is 1.40. The minimum absolute atomic E-state index is 0.246. The summed E-state index contributed by atoms with van der Waals surface area (Å²) in [4.78, 5) is 4.00. The van der Waals surface area contributed by atoms with E-state index in [0.717, 1.165) is 3.57 Å². The van der Waals surface area contributed by atoms with Crippen LogP contribution in [0.3, 0.4) is 0 Å². The molecule has 6 heteroatoms. The van der Waals surface area contributed by atoms with E-state index in [9.17, 15) is 8.42 Å². The van der Waals surface area contributed by atoms with Gasteiger partial charge in [0.15, 0.2) is 0 Å². The Bertz CT molecular complexity index is 373. The van der Waals surface area contributed by atoms with Gasteiger partial charge in [-0.3, -0.25) is 9.54 Å². The molecule has 1 N–H and O–H groups in total. The molecular formula is C7H8INO3S. The van der Waals surface area contributed by atoms with Crippen LogP contribution in [0.25, 0.3) is 0 Å². The Kier molecular flexibility index (Phi) is 3.63. The second-order valence-corrected chi connectivity index (χ2v) is 5.32. The molecule has 0 saturated heterocycles. The molecule has 1 rings (SSSR count). The smallest absolute Gasteiger partial charge is 0.265 e. The van der Waals surface area contributed by atoms with Crippen LogP contribution in [0.4, 0.5) is 0 Å². The van der Waals surface area contributed by atoms with Gasteiger partial charge in [-0.1, -0.05) is 0 Å². The number of hydrogen-bond donors (Lipinski definition) is 1. The van der Waals surface area contributed by atoms with Gasteiger partial charge in [0.2, 0.25) is 0 Å². The van der Waals surface area contributed by atoms with Gasteiger partial charge in [-0.25, -0.2) is 0 Å². The number of aryl methyl sites for hydroxylation is 1. The molecule has 0 aliphatic carbocycles. The summed E-state index contributed by atoms with van der Waals surface area (Å²) in [6.45, 7) is 0. The minimum Gasteiger partial charge on any atom is -0.286 e. The van der Waals surface area contributed by atoms with Crippen LogP contribution in [0, 0.1) is 3.57 Å². The Morgan fingerprint density at radius 3 is 2.62 bits per heavy atom. The molecule has 0 fully saturated rings. The lowest BCUT2D eigenvalue weighted by Crippen LogP contribution is -2.07. The predicted molar refractivity (Wildman–Crippen MR) is 57.1 cm³/mol. The summed E-state index contributed by atoms with van der Waals surface area (Å²) in [6, 6.07) is 3.58. The first-order valence-corrected chi connectivity index (χ1v) is 6.22. The molecule has 0 saturated carbocycles. The van der Waals surface area contributed by atoms with E-state index in [4.69, 9.17) is 4.55 Å². The molecule has 4 nitrogen and oxygen atoms in total. The van der Waals surface area contributed by atoms with E-state index in [1.807, 2.05) is 6.07 Å². The number of pyridine rings is 1. The van der Waals surface area contributed by atoms with Gasteiger partial charge in [-0.2, -0.15) is 8.42 Å². The summed E-state index contributed by atoms with van der Waals surface area (Å²) in [5, 5.41) is 0. The fourth-order valence-electron chi connectivity index (χ4n) is 0.788. The SMILES string of the molecule is O=S(=O)(O)CCc1ccc(I)cn1. The topological polar surface area (TPSA) is 67.3 Å². The third-order valence-corrected chi connectivity index (χ3v) is 2.76. The maximum absolute atomic E-state index is 10.4. The van der Waals surface area contributed by atoms with Gasteiger partial charge >= 0.3 is 0 Å². The normalized spacial score (nSPS) is 11.5. The largest absolute Gasteiger partial charge is 0.286 e. The van der Waals surface area contributed by atoms with Gasteiger partial charge in [0.05, 0.1) is 5.75 Å². The third kappa shape index (κ3) is 4.53. The molecule has 0 spiro atoms. The highest BCUT2D eigenvalue weighted by molar-refractivity contribution is 14.1. The fraction of sp³-hybridized carbons (Fsp3) is 0.286. The predicted octanol–water partition coefficient (Wildman–Crippen LogP) is 1.12. The van der Waals surface area contributed by atoms with Crippen molar-refractivity contribution in [2.45, 2.75) is 6.42 Å². The number of rotatable bonds is 3. The second-order valence-electron chi connectivity index (χ2n) is 2.50. The van der Waals surface area contributed by atoms with E-state index >= 15 is 0 Å². The number of halogens is 1. The van der Waals surface area contributed by atoms with Gasteiger partial charge in [0.25, 0.3) is 10.1 Å². The molecule has 0 unspecified atom stereocenters. The number of hydrogen-bond acceptors (Lipinski definition) is 3. The van der Waals surface area contributed by atoms with E-state index in [1.165, 1.54) is 0 Å². The van der Waals surface area contributed by atoms with Crippen LogP contribution < -0.4 is 0 Å². The Hall–Kier alpha value is -0.210. The highest BCUT2D eigenvalue weighted by atomic mass is 127. The van der Waals surface area contributed by atoms with Crippen molar-refractivity contribution in [3.8, 4) is 0 Å². The fourth-order valence-corrected chi connectivity index (χ4v) is 1.57. The zero-order valence-corrected chi connectivity index (χ0v) is 9.62. The summed E-state index contributed by atoms with van der Waals surface area (Å²) < 4.78 is 30.3. The summed E-state index contributed by atoms with van der Waals surface area (Å²) in [5.74, 6) is -0.277. The standard InChI is InChI=1S/C7H8INO3S/c8-6-1-2-7(9-5-6)3-4-13(10,11)12/h1-2,5H,3-4H2,(H,10,11,12). The Labute approximate surface area is 90.3 Å². The molecule has 1 heterocycles. The minimum atomic E-state index is -3.87. The van der Waals surface area contributed by atoms with E-state index in [2.05, 4.69) is 27.6 Å². The first-order chi connectivity index (χ1) is 5.97. The molecule has 1 aromatic rings. The molecular weight excluding hydrogens is 305 g/mol. The van der Waals surface area contributed by atoms with E-state index < -0.39 is 10.1 Å². The molecule has 0 amide bonds. The monoisotopic (exact) mass is 313 g/mol. The van der Waals surface area contributed by atoms with Crippen molar-refractivity contribution in [2.24, 2.45) is 0 Å². The van der Waals surface area contributed by atoms with Crippen LogP contribution in [-0.4, -0.2) is 23.7 Å². The first-order valence-electron chi connectivity index (χ1n) is 3.53. The quantitative estimate of drug-likeness (QED) is 0.671. The van der Waals surface area contributed by atoms with Gasteiger partial charge in [0, 0.05) is 21.9 Å². The number of aromatic nitrogens is 1. The molecule has 72 valence electrons. The molecule has 0 aromatic carbocycles. The maximum atomic E-state index is 10.4. The van der Waals surface area contributed by atoms with E-state index in [0.29, 0.717) is 5.69 Å². The van der Waals surface area contributed by atoms with Crippen LogP contribution in [0.2, 0.25) is 0 Å². The molecule has 0 atom stereocenters. The van der Waals surface area contributed by atoms with Crippen molar-refractivity contribution in [1.29, 1.82) is 0 Å². The Morgan fingerprint density at radius 2 is 2.15 bits per heavy atom. The summed E-state index contributed by atoms with van der Waals surface area (Å²) in [7, 11) is -3.87. The van der Waals surface area contributed by atoms with Crippen molar-refractivity contribution in [1.82, 2.24) is 4.98 Å². The lowest BCUT2D eigenvalue weighted by Gasteiger charge is -1.97. The van der Waals surface area contributed by atoms with Crippen molar-refractivity contribution in [2.75, 3.05) is 5.75 Å². The van der Waals surface area contributed by atoms with Crippen LogP contribution in [0.15, 0.2) is 18.3 Å². The first kappa shape index (κ1) is 10.9. The zero-order chi connectivity index (χ0) is 9.90. The van der Waals surface area contributed by atoms with Crippen LogP contribution in [0.5, 0.6) is 0 Å². The van der Waals surface area contributed by atoms with Gasteiger partial charge in [-0.15, -0.1) is 0 Å². The molecule has 1 aromatic heterocycles. The molecule has 0 aliphatic heterocycles.